The van der Waals surface area contributed by atoms with E-state index in [2.05, 4.69) is 11.4 Å². The van der Waals surface area contributed by atoms with Crippen LogP contribution in [-0.2, 0) is 11.2 Å². The van der Waals surface area contributed by atoms with E-state index >= 15 is 0 Å². The van der Waals surface area contributed by atoms with E-state index in [-0.39, 0.29) is 23.2 Å². The quantitative estimate of drug-likeness (QED) is 0.678. The Morgan fingerprint density at radius 2 is 2.08 bits per heavy atom. The zero-order valence-electron chi connectivity index (χ0n) is 12.9. The van der Waals surface area contributed by atoms with E-state index in [4.69, 9.17) is 11.6 Å². The molecule has 0 saturated carbocycles. The van der Waals surface area contributed by atoms with E-state index in [1.807, 2.05) is 23.1 Å². The van der Waals surface area contributed by atoms with Crippen molar-refractivity contribution in [2.24, 2.45) is 0 Å². The minimum atomic E-state index is -0.526. The van der Waals surface area contributed by atoms with Gasteiger partial charge in [-0.1, -0.05) is 29.8 Å². The molecule has 0 aromatic heterocycles. The number of aryl methyl sites for hydroxylation is 1. The summed E-state index contributed by atoms with van der Waals surface area (Å²) in [5, 5.41) is 13.6. The maximum absolute atomic E-state index is 12.3. The van der Waals surface area contributed by atoms with E-state index in [1.165, 1.54) is 23.8 Å². The van der Waals surface area contributed by atoms with E-state index in [0.717, 1.165) is 25.1 Å². The van der Waals surface area contributed by atoms with Crippen LogP contribution in [-0.4, -0.2) is 23.9 Å². The van der Waals surface area contributed by atoms with Crippen molar-refractivity contribution in [3.63, 3.8) is 0 Å². The third-order valence-electron chi connectivity index (χ3n) is 3.98. The lowest BCUT2D eigenvalue weighted by Crippen LogP contribution is -2.36. The van der Waals surface area contributed by atoms with Gasteiger partial charge in [0.05, 0.1) is 22.2 Å². The highest BCUT2D eigenvalue weighted by atomic mass is 35.5. The Morgan fingerprint density at radius 3 is 2.83 bits per heavy atom. The van der Waals surface area contributed by atoms with Gasteiger partial charge in [-0.3, -0.25) is 14.9 Å². The fraction of sp³-hybridized carbons (Fsp3) is 0.235. The van der Waals surface area contributed by atoms with Gasteiger partial charge in [0.15, 0.2) is 0 Å². The highest BCUT2D eigenvalue weighted by Crippen LogP contribution is 2.28. The summed E-state index contributed by atoms with van der Waals surface area (Å²) in [6, 6.07) is 12.0. The molecule has 24 heavy (non-hydrogen) atoms. The van der Waals surface area contributed by atoms with Crippen molar-refractivity contribution in [2.75, 3.05) is 23.3 Å². The van der Waals surface area contributed by atoms with Crippen LogP contribution in [0, 0.1) is 10.1 Å². The predicted molar refractivity (Wildman–Crippen MR) is 93.7 cm³/mol. The van der Waals surface area contributed by atoms with Crippen LogP contribution in [0.25, 0.3) is 0 Å². The summed E-state index contributed by atoms with van der Waals surface area (Å²) in [6.07, 6.45) is 2.02. The third kappa shape index (κ3) is 3.49. The highest BCUT2D eigenvalue weighted by molar-refractivity contribution is 6.34. The molecule has 1 N–H and O–H groups in total. The predicted octanol–water partition coefficient (Wildman–Crippen LogP) is 3.64. The molecule has 0 aliphatic carbocycles. The second kappa shape index (κ2) is 6.88. The number of nitro groups is 1. The van der Waals surface area contributed by atoms with Gasteiger partial charge in [-0.2, -0.15) is 0 Å². The molecule has 0 bridgehead atoms. The first-order valence-electron chi connectivity index (χ1n) is 7.61. The van der Waals surface area contributed by atoms with Gasteiger partial charge in [0.25, 0.3) is 5.69 Å². The van der Waals surface area contributed by atoms with Crippen LogP contribution < -0.4 is 10.2 Å². The second-order valence-electron chi connectivity index (χ2n) is 5.62. The largest absolute Gasteiger partial charge is 0.362 e. The molecule has 1 heterocycles. The van der Waals surface area contributed by atoms with Crippen molar-refractivity contribution in [1.29, 1.82) is 0 Å². The number of nitrogens with one attached hydrogen (secondary N) is 1. The average Bonchev–Trinajstić information content (AvgIpc) is 2.57. The van der Waals surface area contributed by atoms with Crippen LogP contribution in [0.5, 0.6) is 0 Å². The molecule has 2 aromatic rings. The number of para-hydroxylation sites is 1. The lowest BCUT2D eigenvalue weighted by Gasteiger charge is -2.30. The van der Waals surface area contributed by atoms with Crippen molar-refractivity contribution >= 4 is 34.6 Å². The number of rotatable bonds is 4. The molecule has 0 unspecified atom stereocenters. The Balaban J connectivity index is 1.70. The number of halogens is 1. The lowest BCUT2D eigenvalue weighted by molar-refractivity contribution is -0.384. The van der Waals surface area contributed by atoms with Crippen LogP contribution >= 0.6 is 11.6 Å². The molecule has 2 aromatic carbocycles. The summed E-state index contributed by atoms with van der Waals surface area (Å²) in [5.74, 6) is -0.206. The van der Waals surface area contributed by atoms with E-state index in [0.29, 0.717) is 5.69 Å². The van der Waals surface area contributed by atoms with Crippen LogP contribution in [0.1, 0.15) is 12.0 Å². The third-order valence-corrected chi connectivity index (χ3v) is 4.29. The number of nitro benzene ring substituents is 1. The molecule has 7 heteroatoms. The van der Waals surface area contributed by atoms with Gasteiger partial charge in [0, 0.05) is 24.4 Å². The van der Waals surface area contributed by atoms with Gasteiger partial charge in [-0.25, -0.2) is 0 Å². The molecule has 0 atom stereocenters. The summed E-state index contributed by atoms with van der Waals surface area (Å²) >= 11 is 6.01. The smallest absolute Gasteiger partial charge is 0.271 e. The number of fused-ring (bicyclic) bond motifs is 1. The first-order valence-corrected chi connectivity index (χ1v) is 7.99. The minimum absolute atomic E-state index is 0.108. The van der Waals surface area contributed by atoms with Gasteiger partial charge in [-0.15, -0.1) is 0 Å². The molecule has 1 aliphatic heterocycles. The number of carbonyl (C=O) groups excluding carboxylic acids is 1. The Hall–Kier alpha value is -2.60. The summed E-state index contributed by atoms with van der Waals surface area (Å²) in [4.78, 5) is 24.5. The summed E-state index contributed by atoms with van der Waals surface area (Å²) in [7, 11) is 0. The van der Waals surface area contributed by atoms with Crippen LogP contribution in [0.15, 0.2) is 42.5 Å². The average molecular weight is 346 g/mol. The molecule has 0 spiro atoms. The minimum Gasteiger partial charge on any atom is -0.362 e. The van der Waals surface area contributed by atoms with Crippen molar-refractivity contribution in [2.45, 2.75) is 12.8 Å². The normalized spacial score (nSPS) is 13.3. The maximum Gasteiger partial charge on any atom is 0.271 e. The van der Waals surface area contributed by atoms with Crippen LogP contribution in [0.3, 0.4) is 0 Å². The highest BCUT2D eigenvalue weighted by Gasteiger charge is 2.19. The van der Waals surface area contributed by atoms with E-state index < -0.39 is 4.92 Å². The van der Waals surface area contributed by atoms with Crippen molar-refractivity contribution in [3.05, 3.63) is 63.2 Å². The van der Waals surface area contributed by atoms with Crippen molar-refractivity contribution in [1.82, 2.24) is 0 Å². The van der Waals surface area contributed by atoms with Crippen molar-refractivity contribution in [3.8, 4) is 0 Å². The molecule has 0 fully saturated rings. The topological polar surface area (TPSA) is 75.5 Å². The number of nitrogens with zero attached hydrogens (tertiary/aromatic N) is 2. The van der Waals surface area contributed by atoms with Crippen LogP contribution in [0.4, 0.5) is 17.1 Å². The molecule has 124 valence electrons. The molecule has 1 amide bonds. The fourth-order valence-corrected chi connectivity index (χ4v) is 3.08. The van der Waals surface area contributed by atoms with Crippen molar-refractivity contribution < 1.29 is 9.72 Å². The van der Waals surface area contributed by atoms with Gasteiger partial charge < -0.3 is 10.2 Å². The Labute approximate surface area is 144 Å². The first kappa shape index (κ1) is 16.3. The monoisotopic (exact) mass is 345 g/mol. The molecule has 0 radical (unpaired) electrons. The standard InChI is InChI=1S/C17H16ClN3O3/c18-14-10-13(21(23)24)7-8-15(14)19-17(22)11-20-9-3-5-12-4-1-2-6-16(12)20/h1-2,4,6-8,10H,3,5,9,11H2,(H,19,22). The molecule has 6 nitrogen and oxygen atoms in total. The summed E-state index contributed by atoms with van der Waals surface area (Å²) in [5.41, 5.74) is 2.58. The molecule has 3 rings (SSSR count). The zero-order chi connectivity index (χ0) is 17.1. The number of carbonyl (C=O) groups is 1. The number of non-ortho nitro benzene ring substituents is 1. The molecule has 1 aliphatic rings. The summed E-state index contributed by atoms with van der Waals surface area (Å²) in [6.45, 7) is 1.03. The summed E-state index contributed by atoms with van der Waals surface area (Å²) < 4.78 is 0. The van der Waals surface area contributed by atoms with E-state index in [9.17, 15) is 14.9 Å². The second-order valence-corrected chi connectivity index (χ2v) is 6.03. The van der Waals surface area contributed by atoms with Crippen LogP contribution in [0.2, 0.25) is 5.02 Å². The fourth-order valence-electron chi connectivity index (χ4n) is 2.86. The SMILES string of the molecule is O=C(CN1CCCc2ccccc21)Nc1ccc([N+](=O)[O-])cc1Cl. The van der Waals surface area contributed by atoms with Gasteiger partial charge >= 0.3 is 0 Å². The first-order chi connectivity index (χ1) is 11.5. The lowest BCUT2D eigenvalue weighted by atomic mass is 10.0. The van der Waals surface area contributed by atoms with Gasteiger partial charge in [0.2, 0.25) is 5.91 Å². The zero-order valence-corrected chi connectivity index (χ0v) is 13.6. The van der Waals surface area contributed by atoms with Gasteiger partial charge in [-0.05, 0) is 30.5 Å². The number of hydrogen-bond donors (Lipinski definition) is 1. The number of anilines is 2. The number of hydrogen-bond acceptors (Lipinski definition) is 4. The van der Waals surface area contributed by atoms with Gasteiger partial charge in [0.1, 0.15) is 0 Å². The van der Waals surface area contributed by atoms with E-state index in [1.54, 1.807) is 0 Å². The number of amides is 1. The Morgan fingerprint density at radius 1 is 1.29 bits per heavy atom. The molecular formula is C17H16ClN3O3. The molecule has 0 saturated heterocycles. The maximum atomic E-state index is 12.3. The molecular weight excluding hydrogens is 330 g/mol. The Bertz CT molecular complexity index is 794. The Kier molecular flexibility index (Phi) is 4.66. The number of benzene rings is 2.